The van der Waals surface area contributed by atoms with Gasteiger partial charge in [0.2, 0.25) is 28.5 Å². The lowest BCUT2D eigenvalue weighted by Crippen LogP contribution is -2.45. The largest absolute Gasteiger partial charge is 0.281 e. The number of amides is 4. The molecule has 2 aliphatic heterocycles. The third kappa shape index (κ3) is 6.09. The molecule has 0 bridgehead atoms. The summed E-state index contributed by atoms with van der Waals surface area (Å²) in [7, 11) is 2.85. The highest BCUT2D eigenvalue weighted by atomic mass is 127. The highest BCUT2D eigenvalue weighted by Crippen LogP contribution is 2.33. The van der Waals surface area contributed by atoms with Crippen LogP contribution < -0.4 is 5.32 Å². The van der Waals surface area contributed by atoms with Crippen LogP contribution in [-0.2, 0) is 19.2 Å². The number of rotatable bonds is 7. The van der Waals surface area contributed by atoms with Crippen molar-refractivity contribution in [1.29, 1.82) is 0 Å². The molecular formula is C12H22B2I2N3O4P2. The topological polar surface area (TPSA) is 86.8 Å². The van der Waals surface area contributed by atoms with Crippen molar-refractivity contribution in [2.45, 2.75) is 39.2 Å². The summed E-state index contributed by atoms with van der Waals surface area (Å²) in [4.78, 5) is 52.2. The fraction of sp³-hybridized carbons (Fsp3) is 0.667. The van der Waals surface area contributed by atoms with Gasteiger partial charge in [-0.2, -0.15) is 31.5 Å². The van der Waals surface area contributed by atoms with Crippen molar-refractivity contribution < 1.29 is 19.2 Å². The highest BCUT2D eigenvalue weighted by Gasteiger charge is 2.42. The van der Waals surface area contributed by atoms with E-state index in [2.05, 4.69) is 59.2 Å². The molecule has 1 N–H and O–H groups in total. The first-order valence-electron chi connectivity index (χ1n) is 6.83. The number of nitrogens with one attached hydrogen (secondary N) is 1. The maximum Gasteiger partial charge on any atom is 0.252 e. The molecule has 13 heteroatoms. The van der Waals surface area contributed by atoms with Crippen molar-refractivity contribution in [2.24, 2.45) is 0 Å². The minimum atomic E-state index is -0.324. The Morgan fingerprint density at radius 2 is 1.64 bits per heavy atom. The molecule has 2 saturated heterocycles. The van der Waals surface area contributed by atoms with Crippen molar-refractivity contribution >= 4 is 95.1 Å². The average Bonchev–Trinajstić information content (AvgIpc) is 2.91. The standard InChI is InChI=1S/C10H14B2I2N3O4P2.2CH4/c13-11-23-6-2-8(19)17(10(6)21)4-15-3-16-7(18)1-5(9(16)20)12(14)22;;/h5-6,15,23H,1-4,22H2;2*1H4. The van der Waals surface area contributed by atoms with Crippen LogP contribution in [0.4, 0.5) is 0 Å². The first-order valence-corrected chi connectivity index (χ1v) is 11.1. The van der Waals surface area contributed by atoms with E-state index < -0.39 is 0 Å². The SMILES string of the molecule is C.C.O=C1CC(P[B]I)C(=O)N1CNCN1C(=O)CC(B(P)I)C1=O. The third-order valence-electron chi connectivity index (χ3n) is 3.71. The minimum Gasteiger partial charge on any atom is -0.281 e. The Balaban J connectivity index is 0.00000288. The molecule has 0 spiro atoms. The number of carbonyl (C=O) groups is 4. The molecule has 0 aromatic heterocycles. The minimum absolute atomic E-state index is 0. The van der Waals surface area contributed by atoms with Gasteiger partial charge in [0.05, 0.1) is 19.0 Å². The summed E-state index contributed by atoms with van der Waals surface area (Å²) in [6.07, 6.45) is 0.430. The van der Waals surface area contributed by atoms with Crippen LogP contribution in [0.2, 0.25) is 5.82 Å². The van der Waals surface area contributed by atoms with E-state index in [0.29, 0.717) is 8.46 Å². The third-order valence-corrected chi connectivity index (χ3v) is 7.10. The Morgan fingerprint density at radius 3 is 2.12 bits per heavy atom. The molecule has 4 unspecified atom stereocenters. The van der Waals surface area contributed by atoms with Crippen LogP contribution in [0.25, 0.3) is 0 Å². The van der Waals surface area contributed by atoms with E-state index in [-0.39, 0.29) is 80.4 Å². The van der Waals surface area contributed by atoms with E-state index in [0.717, 1.165) is 9.80 Å². The monoisotopic (exact) mass is 610 g/mol. The smallest absolute Gasteiger partial charge is 0.252 e. The van der Waals surface area contributed by atoms with Gasteiger partial charge in [0.25, 0.3) is 4.29 Å². The molecular weight excluding hydrogens is 588 g/mol. The zero-order valence-electron chi connectivity index (χ0n) is 12.0. The maximum atomic E-state index is 12.1. The molecule has 0 aromatic rings. The molecule has 25 heavy (non-hydrogen) atoms. The van der Waals surface area contributed by atoms with Crippen LogP contribution in [0.5, 0.6) is 0 Å². The predicted molar refractivity (Wildman–Crippen MR) is 124 cm³/mol. The molecule has 1 radical (unpaired) electrons. The second-order valence-corrected chi connectivity index (χ2v) is 11.8. The molecule has 2 fully saturated rings. The summed E-state index contributed by atoms with van der Waals surface area (Å²) in [6, 6.07) is 0. The number of hydrogen-bond donors (Lipinski definition) is 1. The van der Waals surface area contributed by atoms with Crippen LogP contribution >= 0.6 is 62.3 Å². The summed E-state index contributed by atoms with van der Waals surface area (Å²) >= 11 is 4.18. The van der Waals surface area contributed by atoms with Gasteiger partial charge < -0.3 is 0 Å². The average molecular weight is 610 g/mol. The molecule has 2 rings (SSSR count). The Morgan fingerprint density at radius 1 is 1.12 bits per heavy atom. The Bertz CT molecular complexity index is 544. The van der Waals surface area contributed by atoms with Crippen LogP contribution in [0.15, 0.2) is 0 Å². The summed E-state index contributed by atoms with van der Waals surface area (Å²) in [6.45, 7) is 0.0424. The van der Waals surface area contributed by atoms with E-state index in [1.165, 1.54) is 0 Å². The van der Waals surface area contributed by atoms with Gasteiger partial charge >= 0.3 is 0 Å². The first kappa shape index (κ1) is 25.7. The molecule has 0 saturated carbocycles. The number of halogens is 2. The lowest BCUT2D eigenvalue weighted by atomic mass is 9.84. The Labute approximate surface area is 180 Å². The van der Waals surface area contributed by atoms with E-state index >= 15 is 0 Å². The molecule has 2 aliphatic rings. The summed E-state index contributed by atoms with van der Waals surface area (Å²) in [5.74, 6) is -1.17. The highest BCUT2D eigenvalue weighted by molar-refractivity contribution is 14.1. The Kier molecular flexibility index (Phi) is 11.8. The van der Waals surface area contributed by atoms with Gasteiger partial charge in [-0.3, -0.25) is 34.3 Å². The van der Waals surface area contributed by atoms with Crippen LogP contribution in [0.3, 0.4) is 0 Å². The van der Waals surface area contributed by atoms with E-state index in [1.807, 2.05) is 4.86 Å². The van der Waals surface area contributed by atoms with E-state index in [4.69, 9.17) is 0 Å². The molecule has 7 nitrogen and oxygen atoms in total. The van der Waals surface area contributed by atoms with Crippen LogP contribution in [0.1, 0.15) is 27.7 Å². The second kappa shape index (κ2) is 11.5. The Hall–Kier alpha value is 0.690. The van der Waals surface area contributed by atoms with Gasteiger partial charge in [0.15, 0.2) is 0 Å². The van der Waals surface area contributed by atoms with Gasteiger partial charge in [0, 0.05) is 18.7 Å². The van der Waals surface area contributed by atoms with Gasteiger partial charge in [0.1, 0.15) is 0 Å². The van der Waals surface area contributed by atoms with Crippen molar-refractivity contribution in [3.63, 3.8) is 0 Å². The zero-order chi connectivity index (χ0) is 17.1. The molecule has 139 valence electrons. The normalized spacial score (nSPS) is 23.3. The van der Waals surface area contributed by atoms with Gasteiger partial charge in [-0.25, -0.2) is 0 Å². The van der Waals surface area contributed by atoms with E-state index in [9.17, 15) is 19.2 Å². The second-order valence-electron chi connectivity index (χ2n) is 5.17. The molecule has 4 atom stereocenters. The van der Waals surface area contributed by atoms with Gasteiger partial charge in [-0.1, -0.05) is 14.9 Å². The molecule has 4 amide bonds. The van der Waals surface area contributed by atoms with Gasteiger partial charge in [-0.05, 0) is 0 Å². The number of carbonyl (C=O) groups excluding carboxylic acids is 4. The molecule has 0 aliphatic carbocycles. The molecule has 2 heterocycles. The number of nitrogens with zero attached hydrogens (tertiary/aromatic N) is 2. The summed E-state index contributed by atoms with van der Waals surface area (Å²) in [5.41, 5.74) is -0.266. The van der Waals surface area contributed by atoms with Crippen molar-refractivity contribution in [3.05, 3.63) is 0 Å². The number of imide groups is 2. The zero-order valence-corrected chi connectivity index (χ0v) is 18.5. The van der Waals surface area contributed by atoms with Crippen molar-refractivity contribution in [3.8, 4) is 0 Å². The summed E-state index contributed by atoms with van der Waals surface area (Å²) < 4.78 is 0.00191. The fourth-order valence-electron chi connectivity index (χ4n) is 2.45. The lowest BCUT2D eigenvalue weighted by molar-refractivity contribution is -0.139. The van der Waals surface area contributed by atoms with Crippen molar-refractivity contribution in [1.82, 2.24) is 15.1 Å². The molecule has 0 aromatic carbocycles. The maximum absolute atomic E-state index is 12.1. The summed E-state index contributed by atoms with van der Waals surface area (Å²) in [5, 5.41) is 2.86. The van der Waals surface area contributed by atoms with Crippen LogP contribution in [-0.4, -0.2) is 61.6 Å². The number of likely N-dealkylation sites (tertiary alicyclic amines) is 2. The van der Waals surface area contributed by atoms with Crippen LogP contribution in [0, 0.1) is 0 Å². The fourth-order valence-corrected chi connectivity index (χ4v) is 5.36. The quantitative estimate of drug-likeness (QED) is 0.205. The van der Waals surface area contributed by atoms with E-state index in [1.54, 1.807) is 0 Å². The lowest BCUT2D eigenvalue weighted by Gasteiger charge is -2.20. The van der Waals surface area contributed by atoms with Crippen molar-refractivity contribution in [2.75, 3.05) is 13.3 Å². The van der Waals surface area contributed by atoms with Gasteiger partial charge in [-0.15, -0.1) is 30.8 Å². The first-order chi connectivity index (χ1) is 10.9. The predicted octanol–water partition coefficient (Wildman–Crippen LogP) is 1.47. The number of hydrogen-bond acceptors (Lipinski definition) is 5.